The highest BCUT2D eigenvalue weighted by molar-refractivity contribution is 7.90. The topological polar surface area (TPSA) is 119 Å². The molecule has 2 fully saturated rings. The molecule has 38 heavy (non-hydrogen) atoms. The number of carbonyl (C=O) groups excluding carboxylic acids is 3. The van der Waals surface area contributed by atoms with Crippen LogP contribution in [0.1, 0.15) is 29.9 Å². The number of halogens is 1. The Morgan fingerprint density at radius 3 is 2.74 bits per heavy atom. The fourth-order valence-corrected chi connectivity index (χ4v) is 6.09. The third-order valence-corrected chi connectivity index (χ3v) is 8.44. The first-order valence-electron chi connectivity index (χ1n) is 12.3. The molecule has 2 aromatic rings. The number of hydrogen-bond acceptors (Lipinski definition) is 8. The average Bonchev–Trinajstić information content (AvgIpc) is 3.08. The van der Waals surface area contributed by atoms with Crippen molar-refractivity contribution in [2.75, 3.05) is 46.2 Å². The summed E-state index contributed by atoms with van der Waals surface area (Å²) in [6.07, 6.45) is 2.13. The molecule has 2 aliphatic rings. The molecule has 2 heterocycles. The Hall–Kier alpha value is -2.79. The Labute approximate surface area is 227 Å². The van der Waals surface area contributed by atoms with Crippen LogP contribution in [0.15, 0.2) is 41.3 Å². The number of nitrogens with one attached hydrogen (secondary N) is 1. The fourth-order valence-electron chi connectivity index (χ4n) is 5.14. The first kappa shape index (κ1) is 28.2. The summed E-state index contributed by atoms with van der Waals surface area (Å²) in [4.78, 5) is 41.1. The number of piperidine rings is 1. The third kappa shape index (κ3) is 5.78. The first-order chi connectivity index (χ1) is 17.9. The number of ketones is 1. The number of amides is 1. The second-order valence-corrected chi connectivity index (χ2v) is 12.3. The van der Waals surface area contributed by atoms with Crippen LogP contribution in [0.3, 0.4) is 0 Å². The van der Waals surface area contributed by atoms with E-state index in [1.54, 1.807) is 44.4 Å². The molecule has 204 valence electrons. The summed E-state index contributed by atoms with van der Waals surface area (Å²) in [6.45, 7) is 3.41. The Balaban J connectivity index is 1.57. The van der Waals surface area contributed by atoms with Crippen LogP contribution in [-0.2, 0) is 33.7 Å². The molecule has 1 amide bonds. The molecule has 0 radical (unpaired) electrons. The Kier molecular flexibility index (Phi) is 8.27. The number of aryl methyl sites for hydroxylation is 1. The molecule has 11 heteroatoms. The van der Waals surface area contributed by atoms with Crippen molar-refractivity contribution in [3.63, 3.8) is 0 Å². The van der Waals surface area contributed by atoms with Gasteiger partial charge in [-0.2, -0.15) is 0 Å². The molecule has 2 unspecified atom stereocenters. The Bertz CT molecular complexity index is 1380. The zero-order valence-corrected chi connectivity index (χ0v) is 23.2. The quantitative estimate of drug-likeness (QED) is 0.296. The van der Waals surface area contributed by atoms with Crippen LogP contribution >= 0.6 is 11.6 Å². The van der Waals surface area contributed by atoms with Crippen LogP contribution in [0.5, 0.6) is 0 Å². The third-order valence-electron chi connectivity index (χ3n) is 7.01. The standard InChI is InChI=1S/C27H31ClN2O7S/c1-17-12-21(18-6-4-7-19(13-18)38(3,34)35)22(28)14-20(17)24-25(32)27(37-26(24)33)8-5-10-30(16-27)15-23(31)29-9-11-36-2/h4,6-7,12-14,24H,5,8-11,15-16H2,1-3H3,(H,29,31). The van der Waals surface area contributed by atoms with Crippen molar-refractivity contribution in [2.45, 2.75) is 36.2 Å². The monoisotopic (exact) mass is 562 g/mol. The van der Waals surface area contributed by atoms with Crippen molar-refractivity contribution in [3.05, 3.63) is 52.5 Å². The van der Waals surface area contributed by atoms with Crippen LogP contribution in [0, 0.1) is 6.92 Å². The lowest BCUT2D eigenvalue weighted by molar-refractivity contribution is -0.157. The number of esters is 1. The van der Waals surface area contributed by atoms with E-state index >= 15 is 0 Å². The molecule has 4 rings (SSSR count). The zero-order valence-electron chi connectivity index (χ0n) is 21.6. The molecule has 2 atom stereocenters. The van der Waals surface area contributed by atoms with Gasteiger partial charge in [-0.1, -0.05) is 23.7 Å². The predicted molar refractivity (Wildman–Crippen MR) is 142 cm³/mol. The Morgan fingerprint density at radius 1 is 1.26 bits per heavy atom. The highest BCUT2D eigenvalue weighted by Crippen LogP contribution is 2.42. The first-order valence-corrected chi connectivity index (χ1v) is 14.6. The highest BCUT2D eigenvalue weighted by atomic mass is 35.5. The summed E-state index contributed by atoms with van der Waals surface area (Å²) in [5.74, 6) is -2.28. The zero-order chi connectivity index (χ0) is 27.7. The number of Topliss-reactive ketones (excluding diaryl/α,β-unsaturated/α-hetero) is 1. The van der Waals surface area contributed by atoms with Gasteiger partial charge in [-0.3, -0.25) is 19.3 Å². The maximum absolute atomic E-state index is 13.7. The second kappa shape index (κ2) is 11.1. The maximum atomic E-state index is 13.7. The van der Waals surface area contributed by atoms with Crippen molar-refractivity contribution in [2.24, 2.45) is 0 Å². The number of nitrogens with zero attached hydrogens (tertiary/aromatic N) is 1. The average molecular weight is 563 g/mol. The van der Waals surface area contributed by atoms with Gasteiger partial charge in [0.1, 0.15) is 5.92 Å². The van der Waals surface area contributed by atoms with E-state index in [-0.39, 0.29) is 34.7 Å². The lowest BCUT2D eigenvalue weighted by atomic mass is 9.81. The van der Waals surface area contributed by atoms with E-state index in [0.717, 1.165) is 6.26 Å². The number of ether oxygens (including phenoxy) is 2. The summed E-state index contributed by atoms with van der Waals surface area (Å²) in [7, 11) is -1.86. The molecule has 0 aliphatic carbocycles. The summed E-state index contributed by atoms with van der Waals surface area (Å²) in [6, 6.07) is 9.79. The van der Waals surface area contributed by atoms with Crippen LogP contribution in [0.4, 0.5) is 0 Å². The predicted octanol–water partition coefficient (Wildman–Crippen LogP) is 2.53. The van der Waals surface area contributed by atoms with Gasteiger partial charge in [-0.25, -0.2) is 8.42 Å². The molecule has 0 bridgehead atoms. The van der Waals surface area contributed by atoms with Crippen molar-refractivity contribution in [1.29, 1.82) is 0 Å². The number of rotatable bonds is 8. The van der Waals surface area contributed by atoms with Gasteiger partial charge in [0.25, 0.3) is 0 Å². The van der Waals surface area contributed by atoms with E-state index < -0.39 is 27.3 Å². The molecule has 1 spiro atoms. The molecule has 9 nitrogen and oxygen atoms in total. The van der Waals surface area contributed by atoms with E-state index in [1.165, 1.54) is 6.07 Å². The fraction of sp³-hybridized carbons (Fsp3) is 0.444. The minimum absolute atomic E-state index is 0.0903. The largest absolute Gasteiger partial charge is 0.449 e. The minimum Gasteiger partial charge on any atom is -0.449 e. The smallest absolute Gasteiger partial charge is 0.322 e. The minimum atomic E-state index is -3.41. The van der Waals surface area contributed by atoms with Crippen LogP contribution < -0.4 is 5.32 Å². The second-order valence-electron chi connectivity index (χ2n) is 9.86. The van der Waals surface area contributed by atoms with E-state index in [0.29, 0.717) is 54.8 Å². The summed E-state index contributed by atoms with van der Waals surface area (Å²) in [5.41, 5.74) is 1.01. The highest BCUT2D eigenvalue weighted by Gasteiger charge is 2.57. The van der Waals surface area contributed by atoms with E-state index in [4.69, 9.17) is 21.1 Å². The SMILES string of the molecule is COCCNC(=O)CN1CCCC2(C1)OC(=O)C(c1cc(Cl)c(-c3cccc(S(C)(=O)=O)c3)cc1C)C2=O. The number of likely N-dealkylation sites (tertiary alicyclic amines) is 1. The molecule has 0 aromatic heterocycles. The molecule has 2 aliphatic heterocycles. The summed E-state index contributed by atoms with van der Waals surface area (Å²) in [5, 5.41) is 3.05. The van der Waals surface area contributed by atoms with Crippen molar-refractivity contribution in [3.8, 4) is 11.1 Å². The Morgan fingerprint density at radius 2 is 2.03 bits per heavy atom. The van der Waals surface area contributed by atoms with Gasteiger partial charge in [-0.15, -0.1) is 0 Å². The molecule has 2 saturated heterocycles. The van der Waals surface area contributed by atoms with Gasteiger partial charge in [-0.05, 0) is 67.3 Å². The van der Waals surface area contributed by atoms with Gasteiger partial charge in [0.2, 0.25) is 5.91 Å². The van der Waals surface area contributed by atoms with Gasteiger partial charge >= 0.3 is 5.97 Å². The van der Waals surface area contributed by atoms with Gasteiger partial charge in [0, 0.05) is 37.0 Å². The van der Waals surface area contributed by atoms with Gasteiger partial charge < -0.3 is 14.8 Å². The molecule has 0 saturated carbocycles. The van der Waals surface area contributed by atoms with E-state index in [9.17, 15) is 22.8 Å². The molecular formula is C27H31ClN2O7S. The van der Waals surface area contributed by atoms with Crippen molar-refractivity contribution >= 4 is 39.1 Å². The number of hydrogen-bond donors (Lipinski definition) is 1. The summed E-state index contributed by atoms with van der Waals surface area (Å²) >= 11 is 6.61. The number of sulfone groups is 1. The van der Waals surface area contributed by atoms with E-state index in [2.05, 4.69) is 5.32 Å². The lowest BCUT2D eigenvalue weighted by Gasteiger charge is -2.37. The van der Waals surface area contributed by atoms with Gasteiger partial charge in [0.05, 0.1) is 18.0 Å². The van der Waals surface area contributed by atoms with Gasteiger partial charge in [0.15, 0.2) is 21.2 Å². The lowest BCUT2D eigenvalue weighted by Crippen LogP contribution is -2.54. The molecule has 2 aromatic carbocycles. The van der Waals surface area contributed by atoms with Crippen LogP contribution in [0.2, 0.25) is 5.02 Å². The number of methoxy groups -OCH3 is 1. The number of benzene rings is 2. The van der Waals surface area contributed by atoms with Crippen molar-refractivity contribution < 1.29 is 32.3 Å². The molecular weight excluding hydrogens is 532 g/mol. The molecule has 1 N–H and O–H groups in total. The number of carbonyl (C=O) groups is 3. The summed E-state index contributed by atoms with van der Waals surface area (Å²) < 4.78 is 34.7. The normalized spacial score (nSPS) is 22.1. The van der Waals surface area contributed by atoms with Crippen molar-refractivity contribution in [1.82, 2.24) is 10.2 Å². The van der Waals surface area contributed by atoms with Crippen LogP contribution in [0.25, 0.3) is 11.1 Å². The van der Waals surface area contributed by atoms with Crippen LogP contribution in [-0.4, -0.2) is 82.7 Å². The maximum Gasteiger partial charge on any atom is 0.322 e. The van der Waals surface area contributed by atoms with E-state index in [1.807, 2.05) is 4.90 Å².